The molecule has 0 atom stereocenters. The first-order valence-corrected chi connectivity index (χ1v) is 10.7. The van der Waals surface area contributed by atoms with Crippen LogP contribution in [0.4, 0.5) is 0 Å². The zero-order chi connectivity index (χ0) is 17.6. The van der Waals surface area contributed by atoms with Gasteiger partial charge in [-0.15, -0.1) is 0 Å². The van der Waals surface area contributed by atoms with Crippen LogP contribution in [0.15, 0.2) is 0 Å². The van der Waals surface area contributed by atoms with Crippen LogP contribution in [0.3, 0.4) is 0 Å². The Morgan fingerprint density at radius 2 is 1.17 bits per heavy atom. The molecule has 0 amide bonds. The molecule has 0 radical (unpaired) electrons. The van der Waals surface area contributed by atoms with Crippen molar-refractivity contribution in [2.45, 2.75) is 90.8 Å². The van der Waals surface area contributed by atoms with Crippen molar-refractivity contribution in [3.05, 3.63) is 0 Å². The summed E-state index contributed by atoms with van der Waals surface area (Å²) >= 11 is 0. The van der Waals surface area contributed by atoms with Gasteiger partial charge in [0.05, 0.1) is 13.2 Å². The van der Waals surface area contributed by atoms with Crippen LogP contribution in [0.5, 0.6) is 0 Å². The van der Waals surface area contributed by atoms with Gasteiger partial charge in [0, 0.05) is 0 Å². The van der Waals surface area contributed by atoms with E-state index in [0.717, 1.165) is 38.5 Å². The topological polar surface area (TPSA) is 72.8 Å². The van der Waals surface area contributed by atoms with Crippen molar-refractivity contribution in [3.63, 3.8) is 0 Å². The van der Waals surface area contributed by atoms with Gasteiger partial charge in [0.15, 0.2) is 5.79 Å². The third-order valence-corrected chi connectivity index (χ3v) is 4.64. The van der Waals surface area contributed by atoms with Crippen LogP contribution >= 0.6 is 0 Å². The SMILES string of the molecule is CCCCCCCOC(C)(CS(=O)(=O)O)OCCCCCCC.[NaH]. The first-order valence-electron chi connectivity index (χ1n) is 9.06. The predicted octanol–water partition coefficient (Wildman–Crippen LogP) is 3.92. The van der Waals surface area contributed by atoms with Gasteiger partial charge in [-0.1, -0.05) is 65.2 Å². The van der Waals surface area contributed by atoms with Gasteiger partial charge in [0.25, 0.3) is 10.1 Å². The maximum atomic E-state index is 11.2. The zero-order valence-electron chi connectivity index (χ0n) is 15.2. The minimum atomic E-state index is -4.13. The molecular formula is C17H37NaO5S. The average molecular weight is 377 g/mol. The summed E-state index contributed by atoms with van der Waals surface area (Å²) in [4.78, 5) is 0. The van der Waals surface area contributed by atoms with Crippen LogP contribution in [-0.4, -0.2) is 67.3 Å². The number of rotatable bonds is 16. The van der Waals surface area contributed by atoms with Crippen molar-refractivity contribution in [3.8, 4) is 0 Å². The molecular weight excluding hydrogens is 339 g/mol. The maximum absolute atomic E-state index is 11.2. The van der Waals surface area contributed by atoms with Gasteiger partial charge in [0.1, 0.15) is 5.75 Å². The Balaban J connectivity index is 0. The molecule has 24 heavy (non-hydrogen) atoms. The number of hydrogen-bond donors (Lipinski definition) is 1. The Morgan fingerprint density at radius 3 is 1.50 bits per heavy atom. The normalized spacial score (nSPS) is 12.2. The van der Waals surface area contributed by atoms with Crippen molar-refractivity contribution in [1.29, 1.82) is 0 Å². The van der Waals surface area contributed by atoms with Crippen molar-refractivity contribution in [2.24, 2.45) is 0 Å². The molecule has 0 bridgehead atoms. The van der Waals surface area contributed by atoms with Gasteiger partial charge < -0.3 is 9.47 Å². The van der Waals surface area contributed by atoms with E-state index < -0.39 is 21.7 Å². The van der Waals surface area contributed by atoms with Crippen LogP contribution in [-0.2, 0) is 19.6 Å². The molecule has 0 aromatic heterocycles. The molecule has 0 saturated carbocycles. The summed E-state index contributed by atoms with van der Waals surface area (Å²) in [6.45, 7) is 6.82. The fraction of sp³-hybridized carbons (Fsp3) is 1.00. The Bertz CT molecular complexity index is 357. The molecule has 7 heteroatoms. The van der Waals surface area contributed by atoms with Gasteiger partial charge in [-0.05, 0) is 19.8 Å². The summed E-state index contributed by atoms with van der Waals surface area (Å²) in [6.07, 6.45) is 11.0. The van der Waals surface area contributed by atoms with Gasteiger partial charge in [-0.2, -0.15) is 8.42 Å². The minimum absolute atomic E-state index is 0. The van der Waals surface area contributed by atoms with Gasteiger partial charge >= 0.3 is 29.6 Å². The molecule has 0 aliphatic rings. The molecule has 0 heterocycles. The van der Waals surface area contributed by atoms with Crippen molar-refractivity contribution in [1.82, 2.24) is 0 Å². The van der Waals surface area contributed by atoms with Gasteiger partial charge in [-0.25, -0.2) is 0 Å². The van der Waals surface area contributed by atoms with E-state index in [4.69, 9.17) is 14.0 Å². The van der Waals surface area contributed by atoms with E-state index in [0.29, 0.717) is 13.2 Å². The van der Waals surface area contributed by atoms with Crippen molar-refractivity contribution >= 4 is 39.7 Å². The quantitative estimate of drug-likeness (QED) is 0.191. The number of ether oxygens (including phenoxy) is 2. The molecule has 0 aliphatic carbocycles. The monoisotopic (exact) mass is 376 g/mol. The van der Waals surface area contributed by atoms with Crippen LogP contribution in [0.2, 0.25) is 0 Å². The van der Waals surface area contributed by atoms with E-state index in [-0.39, 0.29) is 29.6 Å². The zero-order valence-corrected chi connectivity index (χ0v) is 16.0. The van der Waals surface area contributed by atoms with Gasteiger partial charge in [0.2, 0.25) is 0 Å². The Hall–Kier alpha value is 0.830. The molecule has 0 aromatic carbocycles. The molecule has 0 spiro atoms. The Labute approximate surface area is 171 Å². The first-order chi connectivity index (χ1) is 10.8. The van der Waals surface area contributed by atoms with Crippen LogP contribution in [0.1, 0.15) is 85.0 Å². The first kappa shape index (κ1) is 27.1. The third-order valence-electron chi connectivity index (χ3n) is 3.76. The molecule has 0 rings (SSSR count). The van der Waals surface area contributed by atoms with Crippen LogP contribution < -0.4 is 0 Å². The molecule has 0 unspecified atom stereocenters. The van der Waals surface area contributed by atoms with E-state index in [1.165, 1.54) is 25.7 Å². The summed E-state index contributed by atoms with van der Waals surface area (Å²) < 4.78 is 42.8. The summed E-state index contributed by atoms with van der Waals surface area (Å²) in [5, 5.41) is 0. The van der Waals surface area contributed by atoms with E-state index in [1.807, 2.05) is 0 Å². The Kier molecular flexibility index (Phi) is 18.1. The molecule has 0 fully saturated rings. The van der Waals surface area contributed by atoms with E-state index in [1.54, 1.807) is 6.92 Å². The van der Waals surface area contributed by atoms with E-state index in [2.05, 4.69) is 13.8 Å². The fourth-order valence-corrected chi connectivity index (χ4v) is 3.27. The molecule has 0 aromatic rings. The molecule has 0 aliphatic heterocycles. The number of hydrogen-bond acceptors (Lipinski definition) is 4. The van der Waals surface area contributed by atoms with E-state index in [9.17, 15) is 8.42 Å². The Morgan fingerprint density at radius 1 is 0.792 bits per heavy atom. The van der Waals surface area contributed by atoms with Gasteiger partial charge in [-0.3, -0.25) is 4.55 Å². The summed E-state index contributed by atoms with van der Waals surface area (Å²) in [7, 11) is -4.13. The molecule has 142 valence electrons. The second-order valence-corrected chi connectivity index (χ2v) is 7.84. The predicted molar refractivity (Wildman–Crippen MR) is 101 cm³/mol. The molecule has 1 N–H and O–H groups in total. The van der Waals surface area contributed by atoms with Crippen LogP contribution in [0, 0.1) is 0 Å². The fourth-order valence-electron chi connectivity index (χ4n) is 2.44. The number of unbranched alkanes of at least 4 members (excludes halogenated alkanes) is 8. The van der Waals surface area contributed by atoms with E-state index >= 15 is 0 Å². The third kappa shape index (κ3) is 17.6. The summed E-state index contributed by atoms with van der Waals surface area (Å²) in [5.74, 6) is -1.78. The summed E-state index contributed by atoms with van der Waals surface area (Å²) in [5.41, 5.74) is 0. The second-order valence-electron chi connectivity index (χ2n) is 6.39. The second kappa shape index (κ2) is 16.0. The summed E-state index contributed by atoms with van der Waals surface area (Å²) in [6, 6.07) is 0. The molecule has 5 nitrogen and oxygen atoms in total. The standard InChI is InChI=1S/C17H36O5S.Na.H/c1-4-6-8-10-12-14-21-17(3,16-23(18,19)20)22-15-13-11-9-7-5-2;;/h4-16H2,1-3H3,(H,18,19,20);;. The van der Waals surface area contributed by atoms with Crippen LogP contribution in [0.25, 0.3) is 0 Å². The average Bonchev–Trinajstić information content (AvgIpc) is 2.44. The van der Waals surface area contributed by atoms with Crippen molar-refractivity contribution < 1.29 is 22.4 Å². The molecule has 0 saturated heterocycles. The van der Waals surface area contributed by atoms with Crippen molar-refractivity contribution in [2.75, 3.05) is 19.0 Å².